The van der Waals surface area contributed by atoms with Crippen molar-refractivity contribution in [3.05, 3.63) is 35.9 Å². The molecule has 0 bridgehead atoms. The Morgan fingerprint density at radius 3 is 2.56 bits per heavy atom. The average molecular weight is 249 g/mol. The summed E-state index contributed by atoms with van der Waals surface area (Å²) < 4.78 is 5.15. The van der Waals surface area contributed by atoms with Crippen molar-refractivity contribution in [2.45, 2.75) is 31.4 Å². The lowest BCUT2D eigenvalue weighted by Crippen LogP contribution is -2.41. The molecule has 0 heterocycles. The largest absolute Gasteiger partial charge is 0.384 e. The summed E-state index contributed by atoms with van der Waals surface area (Å²) in [4.78, 5) is 2.34. The summed E-state index contributed by atoms with van der Waals surface area (Å²) in [6, 6.07) is 10.5. The highest BCUT2D eigenvalue weighted by Gasteiger charge is 2.34. The third-order valence-corrected chi connectivity index (χ3v) is 3.55. The van der Waals surface area contributed by atoms with Gasteiger partial charge < -0.3 is 9.84 Å². The van der Waals surface area contributed by atoms with Crippen molar-refractivity contribution >= 4 is 0 Å². The quantitative estimate of drug-likeness (QED) is 0.802. The minimum absolute atomic E-state index is 0.635. The van der Waals surface area contributed by atoms with Gasteiger partial charge in [0.1, 0.15) is 0 Å². The van der Waals surface area contributed by atoms with Gasteiger partial charge in [-0.3, -0.25) is 4.90 Å². The van der Waals surface area contributed by atoms with Gasteiger partial charge in [0, 0.05) is 26.2 Å². The second kappa shape index (κ2) is 5.83. The summed E-state index contributed by atoms with van der Waals surface area (Å²) in [5.41, 5.74) is 0.186. The number of aliphatic hydroxyl groups is 1. The van der Waals surface area contributed by atoms with E-state index in [1.165, 1.54) is 12.8 Å². The van der Waals surface area contributed by atoms with Gasteiger partial charge in [-0.05, 0) is 25.3 Å². The maximum Gasteiger partial charge on any atom is 0.0994 e. The summed E-state index contributed by atoms with van der Waals surface area (Å²) >= 11 is 0. The van der Waals surface area contributed by atoms with E-state index in [1.807, 2.05) is 37.3 Å². The fourth-order valence-electron chi connectivity index (χ4n) is 2.32. The Morgan fingerprint density at radius 1 is 1.33 bits per heavy atom. The Bertz CT molecular complexity index is 360. The maximum absolute atomic E-state index is 10.6. The lowest BCUT2D eigenvalue weighted by Gasteiger charge is -2.32. The Morgan fingerprint density at radius 2 is 2.00 bits per heavy atom. The Balaban J connectivity index is 2.00. The number of rotatable bonds is 7. The summed E-state index contributed by atoms with van der Waals surface area (Å²) in [5.74, 6) is 0. The van der Waals surface area contributed by atoms with Crippen LogP contribution in [0.3, 0.4) is 0 Å². The molecule has 1 aliphatic carbocycles. The van der Waals surface area contributed by atoms with Crippen molar-refractivity contribution in [2.75, 3.05) is 26.8 Å². The molecule has 1 N–H and O–H groups in total. The molecule has 1 atom stereocenters. The van der Waals surface area contributed by atoms with Gasteiger partial charge in [0.05, 0.1) is 12.2 Å². The monoisotopic (exact) mass is 249 g/mol. The number of benzene rings is 1. The van der Waals surface area contributed by atoms with Crippen LogP contribution in [0.1, 0.15) is 25.3 Å². The molecule has 18 heavy (non-hydrogen) atoms. The van der Waals surface area contributed by atoms with Crippen molar-refractivity contribution in [1.29, 1.82) is 0 Å². The smallest absolute Gasteiger partial charge is 0.0994 e. The first-order chi connectivity index (χ1) is 8.63. The zero-order chi connectivity index (χ0) is 13.0. The molecule has 0 aromatic heterocycles. The molecule has 3 nitrogen and oxygen atoms in total. The molecular formula is C15H23NO2. The maximum atomic E-state index is 10.6. The number of hydrogen-bond acceptors (Lipinski definition) is 3. The molecule has 2 rings (SSSR count). The summed E-state index contributed by atoms with van der Waals surface area (Å²) in [7, 11) is 1.72. The van der Waals surface area contributed by atoms with E-state index in [9.17, 15) is 5.11 Å². The van der Waals surface area contributed by atoms with Crippen LogP contribution in [0.15, 0.2) is 30.3 Å². The van der Waals surface area contributed by atoms with E-state index in [4.69, 9.17) is 4.74 Å². The van der Waals surface area contributed by atoms with Crippen LogP contribution in [-0.2, 0) is 10.3 Å². The van der Waals surface area contributed by atoms with Gasteiger partial charge in [0.15, 0.2) is 0 Å². The van der Waals surface area contributed by atoms with E-state index in [0.717, 1.165) is 18.7 Å². The van der Waals surface area contributed by atoms with Crippen molar-refractivity contribution < 1.29 is 9.84 Å². The van der Waals surface area contributed by atoms with E-state index >= 15 is 0 Å². The van der Waals surface area contributed by atoms with Crippen LogP contribution in [0.2, 0.25) is 0 Å². The molecule has 1 unspecified atom stereocenters. The number of methoxy groups -OCH3 is 1. The molecule has 3 heteroatoms. The van der Waals surface area contributed by atoms with Crippen LogP contribution < -0.4 is 0 Å². The van der Waals surface area contributed by atoms with Gasteiger partial charge in [0.25, 0.3) is 0 Å². The molecule has 1 fully saturated rings. The first-order valence-corrected chi connectivity index (χ1v) is 6.64. The van der Waals surface area contributed by atoms with Crippen molar-refractivity contribution in [1.82, 2.24) is 4.90 Å². The van der Waals surface area contributed by atoms with E-state index < -0.39 is 5.60 Å². The first kappa shape index (κ1) is 13.5. The lowest BCUT2D eigenvalue weighted by atomic mass is 9.95. The highest BCUT2D eigenvalue weighted by Crippen LogP contribution is 2.30. The van der Waals surface area contributed by atoms with Crippen molar-refractivity contribution in [3.63, 3.8) is 0 Å². The van der Waals surface area contributed by atoms with Crippen LogP contribution in [-0.4, -0.2) is 42.9 Å². The van der Waals surface area contributed by atoms with Crippen LogP contribution in [0.25, 0.3) is 0 Å². The normalized spacial score (nSPS) is 18.9. The summed E-state index contributed by atoms with van der Waals surface area (Å²) in [6.45, 7) is 4.18. The van der Waals surface area contributed by atoms with Crippen LogP contribution in [0.5, 0.6) is 0 Å². The molecule has 1 aromatic carbocycles. The summed E-state index contributed by atoms with van der Waals surface area (Å²) in [5, 5.41) is 10.6. The predicted molar refractivity (Wildman–Crippen MR) is 72.5 cm³/mol. The van der Waals surface area contributed by atoms with Gasteiger partial charge >= 0.3 is 0 Å². The summed E-state index contributed by atoms with van der Waals surface area (Å²) in [6.07, 6.45) is 2.49. The topological polar surface area (TPSA) is 32.7 Å². The molecule has 100 valence electrons. The molecular weight excluding hydrogens is 226 g/mol. The van der Waals surface area contributed by atoms with Gasteiger partial charge in [0.2, 0.25) is 0 Å². The third kappa shape index (κ3) is 3.55. The van der Waals surface area contributed by atoms with Crippen LogP contribution in [0, 0.1) is 0 Å². The molecule has 0 amide bonds. The van der Waals surface area contributed by atoms with Crippen molar-refractivity contribution in [2.24, 2.45) is 0 Å². The van der Waals surface area contributed by atoms with E-state index in [0.29, 0.717) is 12.6 Å². The number of nitrogens with zero attached hydrogens (tertiary/aromatic N) is 1. The fourth-order valence-corrected chi connectivity index (χ4v) is 2.32. The Kier molecular flexibility index (Phi) is 4.38. The third-order valence-electron chi connectivity index (χ3n) is 3.55. The van der Waals surface area contributed by atoms with Gasteiger partial charge in [-0.2, -0.15) is 0 Å². The molecule has 0 saturated heterocycles. The molecule has 0 radical (unpaired) electrons. The van der Waals surface area contributed by atoms with Crippen LogP contribution in [0.4, 0.5) is 0 Å². The number of hydrogen-bond donors (Lipinski definition) is 1. The zero-order valence-electron chi connectivity index (χ0n) is 11.3. The van der Waals surface area contributed by atoms with Crippen LogP contribution >= 0.6 is 0 Å². The van der Waals surface area contributed by atoms with Gasteiger partial charge in [-0.15, -0.1) is 0 Å². The zero-order valence-corrected chi connectivity index (χ0v) is 11.3. The average Bonchev–Trinajstić information content (AvgIpc) is 3.20. The van der Waals surface area contributed by atoms with E-state index in [2.05, 4.69) is 4.90 Å². The Labute approximate surface area is 109 Å². The molecule has 1 saturated carbocycles. The number of ether oxygens (including phenoxy) is 1. The molecule has 1 aliphatic rings. The highest BCUT2D eigenvalue weighted by molar-refractivity contribution is 5.22. The fraction of sp³-hybridized carbons (Fsp3) is 0.600. The molecule has 0 aliphatic heterocycles. The second-order valence-electron chi connectivity index (χ2n) is 5.33. The van der Waals surface area contributed by atoms with Gasteiger partial charge in [-0.25, -0.2) is 0 Å². The highest BCUT2D eigenvalue weighted by atomic mass is 16.5. The minimum atomic E-state index is -0.794. The standard InChI is InChI=1S/C15H23NO2/c1-15(17,13-6-4-3-5-7-13)12-16(10-11-18-2)14-8-9-14/h3-7,14,17H,8-12H2,1-2H3. The van der Waals surface area contributed by atoms with Crippen molar-refractivity contribution in [3.8, 4) is 0 Å². The first-order valence-electron chi connectivity index (χ1n) is 6.64. The SMILES string of the molecule is COCCN(CC(C)(O)c1ccccc1)C1CC1. The lowest BCUT2D eigenvalue weighted by molar-refractivity contribution is 0.00613. The molecule has 1 aromatic rings. The predicted octanol–water partition coefficient (Wildman–Crippen LogP) is 2.00. The molecule has 0 spiro atoms. The minimum Gasteiger partial charge on any atom is -0.384 e. The van der Waals surface area contributed by atoms with E-state index in [1.54, 1.807) is 7.11 Å². The Hall–Kier alpha value is -0.900. The second-order valence-corrected chi connectivity index (χ2v) is 5.33. The van der Waals surface area contributed by atoms with Gasteiger partial charge in [-0.1, -0.05) is 30.3 Å². The van der Waals surface area contributed by atoms with E-state index in [-0.39, 0.29) is 0 Å².